The van der Waals surface area contributed by atoms with E-state index in [9.17, 15) is 10.1 Å². The van der Waals surface area contributed by atoms with Crippen molar-refractivity contribution in [1.29, 1.82) is 5.26 Å². The molecule has 0 aromatic carbocycles. The molecule has 0 saturated carbocycles. The summed E-state index contributed by atoms with van der Waals surface area (Å²) in [6.45, 7) is 4.85. The molecule has 6 nitrogen and oxygen atoms in total. The van der Waals surface area contributed by atoms with E-state index in [1.165, 1.54) is 6.20 Å². The van der Waals surface area contributed by atoms with Crippen LogP contribution in [0.3, 0.4) is 0 Å². The van der Waals surface area contributed by atoms with Gasteiger partial charge in [-0.2, -0.15) is 5.26 Å². The number of nitrogens with one attached hydrogen (secondary N) is 1. The third kappa shape index (κ3) is 4.04. The fourth-order valence-corrected chi connectivity index (χ4v) is 2.09. The molecule has 1 amide bonds. The lowest BCUT2D eigenvalue weighted by molar-refractivity contribution is -0.128. The summed E-state index contributed by atoms with van der Waals surface area (Å²) in [4.78, 5) is 20.4. The van der Waals surface area contributed by atoms with Crippen molar-refractivity contribution in [2.45, 2.75) is 6.92 Å². The van der Waals surface area contributed by atoms with Crippen LogP contribution in [0.15, 0.2) is 30.0 Å². The van der Waals surface area contributed by atoms with Gasteiger partial charge in [-0.3, -0.25) is 4.79 Å². The standard InChI is InChI=1S/C15H19N5O/c1-12-4-3-5-14(18-12)17-11-13(10-16)15(21)20-8-6-19(2)7-9-20/h3-5,11H,6-9H2,1-2H3,(H,17,18)/b13-11-. The number of nitriles is 1. The average Bonchev–Trinajstić information content (AvgIpc) is 2.48. The largest absolute Gasteiger partial charge is 0.345 e. The maximum atomic E-state index is 12.3. The summed E-state index contributed by atoms with van der Waals surface area (Å²) >= 11 is 0. The Balaban J connectivity index is 2.03. The van der Waals surface area contributed by atoms with Crippen LogP contribution in [0.25, 0.3) is 0 Å². The second kappa shape index (κ2) is 6.86. The van der Waals surface area contributed by atoms with Crippen molar-refractivity contribution >= 4 is 11.7 Å². The van der Waals surface area contributed by atoms with Crippen molar-refractivity contribution in [1.82, 2.24) is 14.8 Å². The Morgan fingerprint density at radius 1 is 1.38 bits per heavy atom. The van der Waals surface area contributed by atoms with Crippen molar-refractivity contribution in [3.05, 3.63) is 35.7 Å². The van der Waals surface area contributed by atoms with Gasteiger partial charge in [-0.25, -0.2) is 4.98 Å². The van der Waals surface area contributed by atoms with Gasteiger partial charge in [0.25, 0.3) is 5.91 Å². The van der Waals surface area contributed by atoms with Crippen LogP contribution in [-0.2, 0) is 4.79 Å². The molecule has 2 rings (SSSR count). The Labute approximate surface area is 124 Å². The lowest BCUT2D eigenvalue weighted by atomic mass is 10.2. The monoisotopic (exact) mass is 285 g/mol. The molecule has 1 aliphatic rings. The topological polar surface area (TPSA) is 72.3 Å². The van der Waals surface area contributed by atoms with Crippen LogP contribution in [0, 0.1) is 18.3 Å². The number of piperazine rings is 1. The Morgan fingerprint density at radius 2 is 2.10 bits per heavy atom. The van der Waals surface area contributed by atoms with Crippen molar-refractivity contribution in [2.24, 2.45) is 0 Å². The fourth-order valence-electron chi connectivity index (χ4n) is 2.09. The summed E-state index contributed by atoms with van der Waals surface area (Å²) < 4.78 is 0. The van der Waals surface area contributed by atoms with Gasteiger partial charge in [0.2, 0.25) is 0 Å². The second-order valence-electron chi connectivity index (χ2n) is 5.07. The lowest BCUT2D eigenvalue weighted by Gasteiger charge is -2.32. The Bertz CT molecular complexity index is 582. The lowest BCUT2D eigenvalue weighted by Crippen LogP contribution is -2.47. The first kappa shape index (κ1) is 15.0. The van der Waals surface area contributed by atoms with Crippen molar-refractivity contribution in [3.8, 4) is 6.07 Å². The van der Waals surface area contributed by atoms with Crippen LogP contribution in [0.4, 0.5) is 5.82 Å². The zero-order valence-electron chi connectivity index (χ0n) is 12.3. The van der Waals surface area contributed by atoms with Gasteiger partial charge in [-0.05, 0) is 26.1 Å². The minimum atomic E-state index is -0.231. The summed E-state index contributed by atoms with van der Waals surface area (Å²) in [5, 5.41) is 12.1. The molecule has 1 saturated heterocycles. The molecule has 0 radical (unpaired) electrons. The zero-order valence-corrected chi connectivity index (χ0v) is 12.3. The predicted molar refractivity (Wildman–Crippen MR) is 80.4 cm³/mol. The molecule has 1 aromatic rings. The average molecular weight is 285 g/mol. The molecule has 0 atom stereocenters. The van der Waals surface area contributed by atoms with Gasteiger partial charge in [0, 0.05) is 38.1 Å². The number of hydrogen-bond donors (Lipinski definition) is 1. The highest BCUT2D eigenvalue weighted by Crippen LogP contribution is 2.08. The quantitative estimate of drug-likeness (QED) is 0.662. The maximum absolute atomic E-state index is 12.3. The van der Waals surface area contributed by atoms with Crippen LogP contribution in [-0.4, -0.2) is 53.9 Å². The summed E-state index contributed by atoms with van der Waals surface area (Å²) in [5.74, 6) is 0.389. The summed E-state index contributed by atoms with van der Waals surface area (Å²) in [5.41, 5.74) is 0.972. The smallest absolute Gasteiger partial charge is 0.266 e. The van der Waals surface area contributed by atoms with Gasteiger partial charge >= 0.3 is 0 Å². The number of nitrogens with zero attached hydrogens (tertiary/aromatic N) is 4. The number of pyridine rings is 1. The molecule has 1 aliphatic heterocycles. The Hall–Kier alpha value is -2.39. The number of aromatic nitrogens is 1. The number of amides is 1. The summed E-state index contributed by atoms with van der Waals surface area (Å²) in [6.07, 6.45) is 1.43. The minimum Gasteiger partial charge on any atom is -0.345 e. The molecule has 0 bridgehead atoms. The first-order valence-electron chi connectivity index (χ1n) is 6.88. The van der Waals surface area contributed by atoms with Gasteiger partial charge in [-0.15, -0.1) is 0 Å². The minimum absolute atomic E-state index is 0.0999. The predicted octanol–water partition coefficient (Wildman–Crippen LogP) is 0.983. The highest BCUT2D eigenvalue weighted by Gasteiger charge is 2.22. The van der Waals surface area contributed by atoms with Crippen LogP contribution in [0.5, 0.6) is 0 Å². The molecule has 21 heavy (non-hydrogen) atoms. The third-order valence-electron chi connectivity index (χ3n) is 3.39. The molecule has 0 spiro atoms. The van der Waals surface area contributed by atoms with Crippen LogP contribution < -0.4 is 5.32 Å². The van der Waals surface area contributed by atoms with E-state index in [1.54, 1.807) is 11.0 Å². The molecule has 1 aromatic heterocycles. The van der Waals surface area contributed by atoms with E-state index in [2.05, 4.69) is 15.2 Å². The SMILES string of the molecule is Cc1cccc(N/C=C(/C#N)C(=O)N2CCN(C)CC2)n1. The maximum Gasteiger partial charge on any atom is 0.266 e. The number of carbonyl (C=O) groups is 1. The molecule has 0 aliphatic carbocycles. The molecular weight excluding hydrogens is 266 g/mol. The molecule has 110 valence electrons. The second-order valence-corrected chi connectivity index (χ2v) is 5.07. The Kier molecular flexibility index (Phi) is 4.90. The van der Waals surface area contributed by atoms with Gasteiger partial charge in [0.05, 0.1) is 0 Å². The first-order valence-corrected chi connectivity index (χ1v) is 6.88. The van der Waals surface area contributed by atoms with Crippen molar-refractivity contribution < 1.29 is 4.79 Å². The zero-order chi connectivity index (χ0) is 15.2. The van der Waals surface area contributed by atoms with Crippen molar-refractivity contribution in [3.63, 3.8) is 0 Å². The van der Waals surface area contributed by atoms with Gasteiger partial charge in [0.15, 0.2) is 0 Å². The first-order chi connectivity index (χ1) is 10.1. The molecular formula is C15H19N5O. The van der Waals surface area contributed by atoms with E-state index < -0.39 is 0 Å². The van der Waals surface area contributed by atoms with Crippen LogP contribution >= 0.6 is 0 Å². The fraction of sp³-hybridized carbons (Fsp3) is 0.400. The van der Waals surface area contributed by atoms with Gasteiger partial charge < -0.3 is 15.1 Å². The molecule has 1 N–H and O–H groups in total. The van der Waals surface area contributed by atoms with Crippen LogP contribution in [0.1, 0.15) is 5.69 Å². The van der Waals surface area contributed by atoms with E-state index in [-0.39, 0.29) is 11.5 Å². The van der Waals surface area contributed by atoms with E-state index in [4.69, 9.17) is 0 Å². The van der Waals surface area contributed by atoms with Gasteiger partial charge in [0.1, 0.15) is 17.5 Å². The molecule has 0 unspecified atom stereocenters. The van der Waals surface area contributed by atoms with Crippen molar-refractivity contribution in [2.75, 3.05) is 38.5 Å². The number of aryl methyl sites for hydroxylation is 1. The summed E-state index contributed by atoms with van der Waals surface area (Å²) in [6, 6.07) is 7.50. The highest BCUT2D eigenvalue weighted by molar-refractivity contribution is 5.97. The van der Waals surface area contributed by atoms with Crippen LogP contribution in [0.2, 0.25) is 0 Å². The molecule has 6 heteroatoms. The highest BCUT2D eigenvalue weighted by atomic mass is 16.2. The number of carbonyl (C=O) groups excluding carboxylic acids is 1. The number of rotatable bonds is 3. The van der Waals surface area contributed by atoms with E-state index >= 15 is 0 Å². The number of hydrogen-bond acceptors (Lipinski definition) is 5. The Morgan fingerprint density at radius 3 is 2.71 bits per heavy atom. The third-order valence-corrected chi connectivity index (χ3v) is 3.39. The van der Waals surface area contributed by atoms with E-state index in [0.717, 1.165) is 18.8 Å². The molecule has 1 fully saturated rings. The summed E-state index contributed by atoms with van der Waals surface area (Å²) in [7, 11) is 2.02. The molecule has 2 heterocycles. The van der Waals surface area contributed by atoms with Gasteiger partial charge in [-0.1, -0.05) is 6.07 Å². The number of likely N-dealkylation sites (N-methyl/N-ethyl adjacent to an activating group) is 1. The van der Waals surface area contributed by atoms with E-state index in [1.807, 2.05) is 32.2 Å². The van der Waals surface area contributed by atoms with E-state index in [0.29, 0.717) is 18.9 Å². The normalized spacial score (nSPS) is 16.4. The number of anilines is 1.